The quantitative estimate of drug-likeness (QED) is 0.565. The number of fused-ring (bicyclic) bond motifs is 1. The third-order valence-electron chi connectivity index (χ3n) is 1.68. The van der Waals surface area contributed by atoms with Gasteiger partial charge in [-0.15, -0.1) is 0 Å². The van der Waals surface area contributed by atoms with E-state index in [2.05, 4.69) is 5.32 Å². The van der Waals surface area contributed by atoms with E-state index >= 15 is 0 Å². The van der Waals surface area contributed by atoms with Crippen LogP contribution in [0.4, 0.5) is 0 Å². The van der Waals surface area contributed by atoms with E-state index in [4.69, 9.17) is 9.84 Å². The summed E-state index contributed by atoms with van der Waals surface area (Å²) in [6.07, 6.45) is -0.857. The first-order chi connectivity index (χ1) is 5.36. The number of hydrogen-bond donors (Lipinski definition) is 2. The maximum Gasteiger partial charge on any atom is 0.257 e. The summed E-state index contributed by atoms with van der Waals surface area (Å²) in [6, 6.07) is 7.64. The SMILES string of the molecule is OC1NCc2ccccc2O1. The molecule has 1 aromatic carbocycles. The molecule has 1 aliphatic heterocycles. The van der Waals surface area contributed by atoms with Crippen molar-refractivity contribution in [1.82, 2.24) is 5.32 Å². The van der Waals surface area contributed by atoms with Crippen LogP contribution < -0.4 is 10.1 Å². The second-order valence-corrected chi connectivity index (χ2v) is 2.46. The maximum atomic E-state index is 9.02. The Morgan fingerprint density at radius 2 is 2.27 bits per heavy atom. The van der Waals surface area contributed by atoms with E-state index in [0.717, 1.165) is 11.3 Å². The van der Waals surface area contributed by atoms with Crippen LogP contribution in [0.2, 0.25) is 0 Å². The van der Waals surface area contributed by atoms with E-state index in [0.29, 0.717) is 6.54 Å². The van der Waals surface area contributed by atoms with E-state index in [1.807, 2.05) is 24.3 Å². The molecule has 1 atom stereocenters. The van der Waals surface area contributed by atoms with Crippen LogP contribution in [0.25, 0.3) is 0 Å². The first kappa shape index (κ1) is 6.64. The fourth-order valence-electron chi connectivity index (χ4n) is 1.12. The van der Waals surface area contributed by atoms with Gasteiger partial charge in [0.1, 0.15) is 5.75 Å². The lowest BCUT2D eigenvalue weighted by atomic mass is 10.2. The standard InChI is InChI=1S/C8H9NO2/c10-8-9-5-6-3-1-2-4-7(6)11-8/h1-4,8-10H,5H2. The number of rotatable bonds is 0. The minimum atomic E-state index is -0.857. The lowest BCUT2D eigenvalue weighted by Crippen LogP contribution is -2.37. The number of benzene rings is 1. The number of hydrogen-bond acceptors (Lipinski definition) is 3. The van der Waals surface area contributed by atoms with Crippen LogP contribution in [0.3, 0.4) is 0 Å². The Bertz CT molecular complexity index is 262. The minimum Gasteiger partial charge on any atom is -0.451 e. The smallest absolute Gasteiger partial charge is 0.257 e. The lowest BCUT2D eigenvalue weighted by Gasteiger charge is -2.22. The monoisotopic (exact) mass is 151 g/mol. The molecule has 3 nitrogen and oxygen atoms in total. The summed E-state index contributed by atoms with van der Waals surface area (Å²) in [5.41, 5.74) is 1.08. The first-order valence-electron chi connectivity index (χ1n) is 3.52. The second-order valence-electron chi connectivity index (χ2n) is 2.46. The molecule has 0 saturated heterocycles. The van der Waals surface area contributed by atoms with Gasteiger partial charge in [0.15, 0.2) is 0 Å². The Kier molecular flexibility index (Phi) is 1.52. The van der Waals surface area contributed by atoms with Gasteiger partial charge in [-0.25, -0.2) is 0 Å². The molecule has 3 heteroatoms. The van der Waals surface area contributed by atoms with Crippen molar-refractivity contribution in [2.75, 3.05) is 0 Å². The van der Waals surface area contributed by atoms with Crippen molar-refractivity contribution in [3.63, 3.8) is 0 Å². The Hall–Kier alpha value is -1.06. The van der Waals surface area contributed by atoms with Crippen LogP contribution in [0.15, 0.2) is 24.3 Å². The molecule has 0 amide bonds. The summed E-state index contributed by atoms with van der Waals surface area (Å²) in [5, 5.41) is 11.8. The molecule has 0 aromatic heterocycles. The minimum absolute atomic E-state index is 0.664. The van der Waals surface area contributed by atoms with Gasteiger partial charge in [0.2, 0.25) is 0 Å². The fourth-order valence-corrected chi connectivity index (χ4v) is 1.12. The summed E-state index contributed by atoms with van der Waals surface area (Å²) in [6.45, 7) is 0.664. The molecule has 0 radical (unpaired) electrons. The van der Waals surface area contributed by atoms with Gasteiger partial charge < -0.3 is 9.84 Å². The topological polar surface area (TPSA) is 41.5 Å². The van der Waals surface area contributed by atoms with Crippen molar-refractivity contribution in [2.24, 2.45) is 0 Å². The molecule has 0 bridgehead atoms. The summed E-state index contributed by atoms with van der Waals surface area (Å²) in [7, 11) is 0. The fraction of sp³-hybridized carbons (Fsp3) is 0.250. The highest BCUT2D eigenvalue weighted by atomic mass is 16.6. The molecule has 11 heavy (non-hydrogen) atoms. The van der Waals surface area contributed by atoms with Gasteiger partial charge in [0.05, 0.1) is 0 Å². The molecule has 0 aliphatic carbocycles. The molecule has 1 unspecified atom stereocenters. The largest absolute Gasteiger partial charge is 0.451 e. The normalized spacial score (nSPS) is 22.1. The average Bonchev–Trinajstić information content (AvgIpc) is 2.04. The third-order valence-corrected chi connectivity index (χ3v) is 1.68. The summed E-state index contributed by atoms with van der Waals surface area (Å²) in [5.74, 6) is 0.763. The highest BCUT2D eigenvalue weighted by Crippen LogP contribution is 2.21. The Labute approximate surface area is 64.6 Å². The highest BCUT2D eigenvalue weighted by molar-refractivity contribution is 5.34. The van der Waals surface area contributed by atoms with Crippen LogP contribution in [-0.2, 0) is 6.54 Å². The Morgan fingerprint density at radius 3 is 3.18 bits per heavy atom. The van der Waals surface area contributed by atoms with Crippen LogP contribution in [0.5, 0.6) is 5.75 Å². The summed E-state index contributed by atoms with van der Waals surface area (Å²) >= 11 is 0. The highest BCUT2D eigenvalue weighted by Gasteiger charge is 2.14. The second kappa shape index (κ2) is 2.53. The number of aliphatic hydroxyl groups is 1. The van der Waals surface area contributed by atoms with Crippen LogP contribution >= 0.6 is 0 Å². The summed E-state index contributed by atoms with van der Waals surface area (Å²) < 4.78 is 5.08. The third kappa shape index (κ3) is 1.20. The number of para-hydroxylation sites is 1. The average molecular weight is 151 g/mol. The Balaban J connectivity index is 2.34. The molecule has 2 rings (SSSR count). The van der Waals surface area contributed by atoms with Gasteiger partial charge >= 0.3 is 0 Å². The van der Waals surface area contributed by atoms with E-state index in [-0.39, 0.29) is 0 Å². The van der Waals surface area contributed by atoms with Crippen molar-refractivity contribution in [3.8, 4) is 5.75 Å². The zero-order chi connectivity index (χ0) is 7.68. The summed E-state index contributed by atoms with van der Waals surface area (Å²) in [4.78, 5) is 0. The van der Waals surface area contributed by atoms with Gasteiger partial charge in [-0.2, -0.15) is 0 Å². The van der Waals surface area contributed by atoms with Gasteiger partial charge in [0.25, 0.3) is 6.41 Å². The molecule has 0 saturated carbocycles. The molecule has 2 N–H and O–H groups in total. The van der Waals surface area contributed by atoms with E-state index in [1.54, 1.807) is 0 Å². The molecule has 1 aliphatic rings. The molecule has 1 heterocycles. The van der Waals surface area contributed by atoms with Crippen LogP contribution in [-0.4, -0.2) is 11.5 Å². The predicted octanol–water partition coefficient (Wildman–Crippen LogP) is 0.444. The van der Waals surface area contributed by atoms with Crippen LogP contribution in [0.1, 0.15) is 5.56 Å². The molecule has 58 valence electrons. The zero-order valence-corrected chi connectivity index (χ0v) is 5.95. The van der Waals surface area contributed by atoms with Crippen molar-refractivity contribution in [2.45, 2.75) is 13.0 Å². The maximum absolute atomic E-state index is 9.02. The van der Waals surface area contributed by atoms with Gasteiger partial charge in [-0.3, -0.25) is 5.32 Å². The predicted molar refractivity (Wildman–Crippen MR) is 39.9 cm³/mol. The number of ether oxygens (including phenoxy) is 1. The van der Waals surface area contributed by atoms with E-state index in [9.17, 15) is 0 Å². The molecule has 1 aromatic rings. The van der Waals surface area contributed by atoms with Gasteiger partial charge in [-0.05, 0) is 6.07 Å². The molecular formula is C8H9NO2. The first-order valence-corrected chi connectivity index (χ1v) is 3.52. The molecule has 0 spiro atoms. The molecule has 0 fully saturated rings. The number of aliphatic hydroxyl groups excluding tert-OH is 1. The zero-order valence-electron chi connectivity index (χ0n) is 5.95. The number of nitrogens with one attached hydrogen (secondary N) is 1. The van der Waals surface area contributed by atoms with Gasteiger partial charge in [0, 0.05) is 12.1 Å². The van der Waals surface area contributed by atoms with Crippen molar-refractivity contribution >= 4 is 0 Å². The van der Waals surface area contributed by atoms with Crippen molar-refractivity contribution in [1.29, 1.82) is 0 Å². The lowest BCUT2D eigenvalue weighted by molar-refractivity contribution is -0.0553. The van der Waals surface area contributed by atoms with Crippen molar-refractivity contribution < 1.29 is 9.84 Å². The van der Waals surface area contributed by atoms with Crippen molar-refractivity contribution in [3.05, 3.63) is 29.8 Å². The molecular weight excluding hydrogens is 142 g/mol. The van der Waals surface area contributed by atoms with Gasteiger partial charge in [-0.1, -0.05) is 18.2 Å². The van der Waals surface area contributed by atoms with E-state index in [1.165, 1.54) is 0 Å². The Morgan fingerprint density at radius 1 is 1.45 bits per heavy atom. The van der Waals surface area contributed by atoms with E-state index < -0.39 is 6.41 Å². The van der Waals surface area contributed by atoms with Crippen LogP contribution in [0, 0.1) is 0 Å².